The molecule has 4 nitrogen and oxygen atoms in total. The first-order chi connectivity index (χ1) is 12.5. The summed E-state index contributed by atoms with van der Waals surface area (Å²) in [5, 5.41) is 2.87. The number of nitrogens with one attached hydrogen (secondary N) is 1. The van der Waals surface area contributed by atoms with Gasteiger partial charge in [0.25, 0.3) is 5.91 Å². The van der Waals surface area contributed by atoms with Gasteiger partial charge in [0.05, 0.1) is 10.2 Å². The number of aromatic nitrogens is 2. The van der Waals surface area contributed by atoms with Crippen LogP contribution in [0.3, 0.4) is 0 Å². The van der Waals surface area contributed by atoms with Crippen molar-refractivity contribution in [1.29, 1.82) is 0 Å². The first kappa shape index (κ1) is 18.5. The van der Waals surface area contributed by atoms with Crippen LogP contribution >= 0.6 is 27.7 Å². The Bertz CT molecular complexity index is 938. The van der Waals surface area contributed by atoms with Crippen LogP contribution in [0.25, 0.3) is 0 Å². The number of hydrogen-bond donors (Lipinski definition) is 1. The van der Waals surface area contributed by atoms with Gasteiger partial charge in [0.1, 0.15) is 17.3 Å². The van der Waals surface area contributed by atoms with Crippen LogP contribution in [0.5, 0.6) is 0 Å². The molecule has 1 amide bonds. The Kier molecular flexibility index (Phi) is 5.95. The van der Waals surface area contributed by atoms with Crippen LogP contribution in [-0.4, -0.2) is 15.9 Å². The van der Waals surface area contributed by atoms with E-state index >= 15 is 0 Å². The highest BCUT2D eigenvalue weighted by molar-refractivity contribution is 9.10. The number of amides is 1. The van der Waals surface area contributed by atoms with E-state index in [-0.39, 0.29) is 17.2 Å². The van der Waals surface area contributed by atoms with Crippen LogP contribution in [0.15, 0.2) is 64.4 Å². The normalized spacial score (nSPS) is 10.6. The zero-order chi connectivity index (χ0) is 18.5. The van der Waals surface area contributed by atoms with Crippen molar-refractivity contribution in [1.82, 2.24) is 9.97 Å². The lowest BCUT2D eigenvalue weighted by Crippen LogP contribution is -2.16. The molecule has 0 radical (unpaired) electrons. The number of rotatable bonds is 5. The van der Waals surface area contributed by atoms with E-state index in [0.717, 1.165) is 5.56 Å². The smallest absolute Gasteiger partial charge is 0.275 e. The van der Waals surface area contributed by atoms with Crippen LogP contribution in [0.2, 0.25) is 0 Å². The monoisotopic (exact) mass is 435 g/mol. The quantitative estimate of drug-likeness (QED) is 0.449. The topological polar surface area (TPSA) is 54.9 Å². The van der Waals surface area contributed by atoms with E-state index in [4.69, 9.17) is 0 Å². The van der Waals surface area contributed by atoms with E-state index < -0.39 is 11.7 Å². The number of carbonyl (C=O) groups excluding carboxylic acids is 1. The molecule has 3 aromatic rings. The predicted molar refractivity (Wildman–Crippen MR) is 100 cm³/mol. The van der Waals surface area contributed by atoms with Crippen molar-refractivity contribution in [3.63, 3.8) is 0 Å². The third-order valence-electron chi connectivity index (χ3n) is 3.34. The molecule has 26 heavy (non-hydrogen) atoms. The van der Waals surface area contributed by atoms with Gasteiger partial charge in [-0.2, -0.15) is 0 Å². The Morgan fingerprint density at radius 3 is 2.58 bits per heavy atom. The molecular formula is C18H12BrF2N3OS. The van der Waals surface area contributed by atoms with Gasteiger partial charge in [0, 0.05) is 11.9 Å². The van der Waals surface area contributed by atoms with Crippen molar-refractivity contribution in [3.05, 3.63) is 82.1 Å². The van der Waals surface area contributed by atoms with E-state index in [9.17, 15) is 13.6 Å². The van der Waals surface area contributed by atoms with Gasteiger partial charge in [-0.05, 0) is 45.8 Å². The summed E-state index contributed by atoms with van der Waals surface area (Å²) in [4.78, 5) is 20.8. The minimum absolute atomic E-state index is 0.0727. The van der Waals surface area contributed by atoms with Crippen molar-refractivity contribution < 1.29 is 13.6 Å². The molecule has 0 fully saturated rings. The highest BCUT2D eigenvalue weighted by atomic mass is 79.9. The van der Waals surface area contributed by atoms with Crippen LogP contribution in [0.4, 0.5) is 14.5 Å². The Morgan fingerprint density at radius 1 is 1.12 bits per heavy atom. The standard InChI is InChI=1S/C18H12BrF2N3OS/c19-13-9-22-18(26-10-11-5-7-12(20)8-6-11)24-16(13)17(25)23-15-4-2-1-3-14(15)21/h1-9H,10H2,(H,23,25). The van der Waals surface area contributed by atoms with Crippen molar-refractivity contribution in [2.45, 2.75) is 10.9 Å². The van der Waals surface area contributed by atoms with Crippen molar-refractivity contribution >= 4 is 39.3 Å². The van der Waals surface area contributed by atoms with Gasteiger partial charge >= 0.3 is 0 Å². The molecule has 1 heterocycles. The first-order valence-corrected chi connectivity index (χ1v) is 9.26. The molecule has 0 aliphatic heterocycles. The zero-order valence-corrected chi connectivity index (χ0v) is 15.7. The molecule has 2 aromatic carbocycles. The minimum atomic E-state index is -0.548. The number of nitrogens with zero attached hydrogens (tertiary/aromatic N) is 2. The van der Waals surface area contributed by atoms with Gasteiger partial charge in [-0.3, -0.25) is 4.79 Å². The largest absolute Gasteiger partial charge is 0.318 e. The van der Waals surface area contributed by atoms with Gasteiger partial charge in [0.2, 0.25) is 0 Å². The summed E-state index contributed by atoms with van der Waals surface area (Å²) in [5.74, 6) is -0.855. The van der Waals surface area contributed by atoms with Gasteiger partial charge < -0.3 is 5.32 Å². The number of thioether (sulfide) groups is 1. The highest BCUT2D eigenvalue weighted by Gasteiger charge is 2.16. The first-order valence-electron chi connectivity index (χ1n) is 7.48. The second-order valence-corrected chi connectivity index (χ2v) is 7.00. The number of carbonyl (C=O) groups is 1. The number of para-hydroxylation sites is 1. The Morgan fingerprint density at radius 2 is 1.85 bits per heavy atom. The molecule has 0 saturated carbocycles. The molecule has 0 spiro atoms. The van der Waals surface area contributed by atoms with Crippen LogP contribution in [0.1, 0.15) is 16.1 Å². The Hall–Kier alpha value is -2.32. The van der Waals surface area contributed by atoms with Crippen molar-refractivity contribution in [3.8, 4) is 0 Å². The number of hydrogen-bond acceptors (Lipinski definition) is 4. The number of benzene rings is 2. The maximum absolute atomic E-state index is 13.7. The van der Waals surface area contributed by atoms with Crippen LogP contribution in [0, 0.1) is 11.6 Å². The molecular weight excluding hydrogens is 424 g/mol. The maximum Gasteiger partial charge on any atom is 0.275 e. The molecule has 3 rings (SSSR count). The van der Waals surface area contributed by atoms with Crippen LogP contribution in [-0.2, 0) is 5.75 Å². The summed E-state index contributed by atoms with van der Waals surface area (Å²) in [6, 6.07) is 12.0. The summed E-state index contributed by atoms with van der Waals surface area (Å²) in [6.07, 6.45) is 1.47. The second kappa shape index (κ2) is 8.37. The van der Waals surface area contributed by atoms with Crippen molar-refractivity contribution in [2.75, 3.05) is 5.32 Å². The third kappa shape index (κ3) is 4.64. The lowest BCUT2D eigenvalue weighted by atomic mass is 10.2. The molecule has 0 bridgehead atoms. The lowest BCUT2D eigenvalue weighted by Gasteiger charge is -2.08. The average Bonchev–Trinajstić information content (AvgIpc) is 2.64. The maximum atomic E-state index is 13.7. The fourth-order valence-corrected chi connectivity index (χ4v) is 3.19. The summed E-state index contributed by atoms with van der Waals surface area (Å²) in [5.41, 5.74) is 1.08. The number of anilines is 1. The summed E-state index contributed by atoms with van der Waals surface area (Å²) in [6.45, 7) is 0. The van der Waals surface area contributed by atoms with Gasteiger partial charge in [-0.15, -0.1) is 0 Å². The fraction of sp³-hybridized carbons (Fsp3) is 0.0556. The summed E-state index contributed by atoms with van der Waals surface area (Å²) >= 11 is 4.55. The molecule has 0 saturated heterocycles. The fourth-order valence-electron chi connectivity index (χ4n) is 2.05. The average molecular weight is 436 g/mol. The second-order valence-electron chi connectivity index (χ2n) is 5.20. The lowest BCUT2D eigenvalue weighted by molar-refractivity contribution is 0.102. The molecule has 0 aliphatic rings. The highest BCUT2D eigenvalue weighted by Crippen LogP contribution is 2.23. The third-order valence-corrected chi connectivity index (χ3v) is 4.85. The Labute approximate surface area is 161 Å². The summed E-state index contributed by atoms with van der Waals surface area (Å²) < 4.78 is 27.0. The van der Waals surface area contributed by atoms with E-state index in [1.807, 2.05) is 0 Å². The van der Waals surface area contributed by atoms with E-state index in [2.05, 4.69) is 31.2 Å². The van der Waals surface area contributed by atoms with E-state index in [0.29, 0.717) is 15.4 Å². The molecule has 0 aliphatic carbocycles. The van der Waals surface area contributed by atoms with E-state index in [1.165, 1.54) is 48.3 Å². The Balaban J connectivity index is 1.73. The molecule has 132 valence electrons. The van der Waals surface area contributed by atoms with E-state index in [1.54, 1.807) is 18.2 Å². The molecule has 1 aromatic heterocycles. The number of halogens is 3. The minimum Gasteiger partial charge on any atom is -0.318 e. The molecule has 1 N–H and O–H groups in total. The zero-order valence-electron chi connectivity index (χ0n) is 13.2. The molecule has 0 atom stereocenters. The predicted octanol–water partition coefficient (Wildman–Crippen LogP) is 5.06. The van der Waals surface area contributed by atoms with Crippen LogP contribution < -0.4 is 5.32 Å². The summed E-state index contributed by atoms with van der Waals surface area (Å²) in [7, 11) is 0. The van der Waals surface area contributed by atoms with Gasteiger partial charge in [-0.1, -0.05) is 36.0 Å². The molecule has 8 heteroatoms. The van der Waals surface area contributed by atoms with Crippen molar-refractivity contribution in [2.24, 2.45) is 0 Å². The van der Waals surface area contributed by atoms with Gasteiger partial charge in [0.15, 0.2) is 5.16 Å². The van der Waals surface area contributed by atoms with Gasteiger partial charge in [-0.25, -0.2) is 18.7 Å². The molecule has 0 unspecified atom stereocenters. The SMILES string of the molecule is O=C(Nc1ccccc1F)c1nc(SCc2ccc(F)cc2)ncc1Br.